The molecule has 0 aliphatic carbocycles. The maximum Gasteiger partial charge on any atom is 0.293 e. The fourth-order valence-electron chi connectivity index (χ4n) is 1.04. The smallest absolute Gasteiger partial charge is 0.293 e. The van der Waals surface area contributed by atoms with E-state index in [-0.39, 0.29) is 0 Å². The highest BCUT2D eigenvalue weighted by atomic mass is 32.1. The number of ether oxygens (including phenoxy) is 1. The van der Waals surface area contributed by atoms with Crippen molar-refractivity contribution in [3.63, 3.8) is 0 Å². The first-order valence-corrected chi connectivity index (χ1v) is 5.44. The predicted molar refractivity (Wildman–Crippen MR) is 63.9 cm³/mol. The van der Waals surface area contributed by atoms with Gasteiger partial charge in [0, 0.05) is 10.4 Å². The fraction of sp³-hybridized carbons (Fsp3) is 0.182. The molecule has 1 heterocycles. The highest BCUT2D eigenvalue weighted by Gasteiger charge is 1.92. The van der Waals surface area contributed by atoms with Crippen LogP contribution in [0.4, 0.5) is 5.69 Å². The molecule has 0 aliphatic rings. The normalized spacial score (nSPS) is 9.13. The lowest BCUT2D eigenvalue weighted by Crippen LogP contribution is -1.80. The first-order chi connectivity index (χ1) is 7.27. The Bertz CT molecular complexity index is 425. The summed E-state index contributed by atoms with van der Waals surface area (Å²) in [5, 5.41) is 3.35. The molecule has 4 heteroatoms. The molecule has 2 N–H and O–H groups in total. The van der Waals surface area contributed by atoms with E-state index >= 15 is 0 Å². The number of rotatable bonds is 2. The van der Waals surface area contributed by atoms with E-state index in [1.165, 1.54) is 10.1 Å². The van der Waals surface area contributed by atoms with Crippen molar-refractivity contribution in [2.75, 3.05) is 12.3 Å². The molecule has 0 radical (unpaired) electrons. The van der Waals surface area contributed by atoms with E-state index < -0.39 is 0 Å². The van der Waals surface area contributed by atoms with E-state index in [1.807, 2.05) is 18.2 Å². The third-order valence-corrected chi connectivity index (χ3v) is 2.59. The fourth-order valence-corrected chi connectivity index (χ4v) is 1.88. The molecular formula is C11H13NO2S. The highest BCUT2D eigenvalue weighted by molar-refractivity contribution is 7.17. The number of hydrogen-bond donors (Lipinski definition) is 1. The van der Waals surface area contributed by atoms with Crippen LogP contribution in [0.5, 0.6) is 0 Å². The lowest BCUT2D eigenvalue weighted by Gasteiger charge is -1.90. The predicted octanol–water partition coefficient (Wildman–Crippen LogP) is 2.66. The summed E-state index contributed by atoms with van der Waals surface area (Å²) in [5.74, 6) is 0. The van der Waals surface area contributed by atoms with Gasteiger partial charge in [0.2, 0.25) is 0 Å². The van der Waals surface area contributed by atoms with Gasteiger partial charge >= 0.3 is 0 Å². The maximum absolute atomic E-state index is 9.18. The van der Waals surface area contributed by atoms with Gasteiger partial charge < -0.3 is 10.5 Å². The Morgan fingerprint density at radius 1 is 1.47 bits per heavy atom. The standard InChI is InChI=1S/C8H7NS.C3H6O2/c9-7-2-1-6-3-4-10-8(6)5-7;1-2-5-3-4/h1-5H,9H2;3H,2H2,1H3. The molecule has 0 bridgehead atoms. The molecule has 0 unspecified atom stereocenters. The van der Waals surface area contributed by atoms with Crippen molar-refractivity contribution in [1.29, 1.82) is 0 Å². The summed E-state index contributed by atoms with van der Waals surface area (Å²) >= 11 is 1.72. The van der Waals surface area contributed by atoms with Gasteiger partial charge in [0.1, 0.15) is 0 Å². The van der Waals surface area contributed by atoms with E-state index in [1.54, 1.807) is 18.3 Å². The van der Waals surface area contributed by atoms with E-state index in [4.69, 9.17) is 5.73 Å². The highest BCUT2D eigenvalue weighted by Crippen LogP contribution is 2.22. The number of nitrogens with two attached hydrogens (primary N) is 1. The Hall–Kier alpha value is -1.55. The van der Waals surface area contributed by atoms with Crippen LogP contribution in [0.3, 0.4) is 0 Å². The minimum Gasteiger partial charge on any atom is -0.468 e. The minimum absolute atomic E-state index is 0.431. The zero-order valence-electron chi connectivity index (χ0n) is 8.47. The quantitative estimate of drug-likeness (QED) is 0.629. The topological polar surface area (TPSA) is 52.3 Å². The number of anilines is 1. The number of fused-ring (bicyclic) bond motifs is 1. The molecule has 80 valence electrons. The molecule has 0 spiro atoms. The Balaban J connectivity index is 0.000000195. The zero-order chi connectivity index (χ0) is 11.1. The minimum atomic E-state index is 0.431. The number of hydrogen-bond acceptors (Lipinski definition) is 4. The molecular weight excluding hydrogens is 210 g/mol. The van der Waals surface area contributed by atoms with Crippen molar-refractivity contribution in [1.82, 2.24) is 0 Å². The van der Waals surface area contributed by atoms with Crippen molar-refractivity contribution >= 4 is 33.6 Å². The second kappa shape index (κ2) is 6.03. The summed E-state index contributed by atoms with van der Waals surface area (Å²) in [6.45, 7) is 2.66. The number of benzene rings is 1. The summed E-state index contributed by atoms with van der Waals surface area (Å²) in [7, 11) is 0. The first-order valence-electron chi connectivity index (χ1n) is 4.56. The molecule has 0 aliphatic heterocycles. The average Bonchev–Trinajstić information content (AvgIpc) is 2.67. The first kappa shape index (κ1) is 11.5. The molecule has 0 fully saturated rings. The summed E-state index contributed by atoms with van der Waals surface area (Å²) < 4.78 is 5.42. The van der Waals surface area contributed by atoms with Gasteiger partial charge in [-0.25, -0.2) is 0 Å². The van der Waals surface area contributed by atoms with Crippen molar-refractivity contribution < 1.29 is 9.53 Å². The maximum atomic E-state index is 9.18. The Morgan fingerprint density at radius 3 is 2.87 bits per heavy atom. The van der Waals surface area contributed by atoms with Crippen LogP contribution in [0.1, 0.15) is 6.92 Å². The number of carbonyl (C=O) groups excluding carboxylic acids is 1. The van der Waals surface area contributed by atoms with Gasteiger partial charge in [-0.2, -0.15) is 0 Å². The molecule has 2 aromatic rings. The summed E-state index contributed by atoms with van der Waals surface area (Å²) in [6.07, 6.45) is 0. The van der Waals surface area contributed by atoms with Crippen LogP contribution in [0.25, 0.3) is 10.1 Å². The van der Waals surface area contributed by atoms with Crippen molar-refractivity contribution in [2.24, 2.45) is 0 Å². The number of thiophene rings is 1. The molecule has 0 saturated carbocycles. The molecule has 3 nitrogen and oxygen atoms in total. The van der Waals surface area contributed by atoms with Gasteiger partial charge in [-0.05, 0) is 35.9 Å². The van der Waals surface area contributed by atoms with E-state index in [0.717, 1.165) is 5.69 Å². The molecule has 15 heavy (non-hydrogen) atoms. The van der Waals surface area contributed by atoms with Crippen LogP contribution in [0.2, 0.25) is 0 Å². The van der Waals surface area contributed by atoms with E-state index in [9.17, 15) is 4.79 Å². The van der Waals surface area contributed by atoms with Gasteiger partial charge in [0.25, 0.3) is 6.47 Å². The van der Waals surface area contributed by atoms with E-state index in [0.29, 0.717) is 13.1 Å². The zero-order valence-corrected chi connectivity index (χ0v) is 9.29. The van der Waals surface area contributed by atoms with Gasteiger partial charge in [-0.15, -0.1) is 11.3 Å². The molecule has 0 saturated heterocycles. The average molecular weight is 223 g/mol. The van der Waals surface area contributed by atoms with Gasteiger partial charge in [-0.3, -0.25) is 4.79 Å². The lowest BCUT2D eigenvalue weighted by molar-refractivity contribution is -0.128. The second-order valence-electron chi connectivity index (χ2n) is 2.77. The van der Waals surface area contributed by atoms with Crippen LogP contribution >= 0.6 is 11.3 Å². The molecule has 1 aromatic heterocycles. The van der Waals surface area contributed by atoms with Crippen LogP contribution in [0, 0.1) is 0 Å². The Labute approximate surface area is 92.5 Å². The number of carbonyl (C=O) groups is 1. The summed E-state index contributed by atoms with van der Waals surface area (Å²) in [5.41, 5.74) is 6.43. The van der Waals surface area contributed by atoms with Crippen molar-refractivity contribution in [3.05, 3.63) is 29.6 Å². The molecule has 2 rings (SSSR count). The van der Waals surface area contributed by atoms with E-state index in [2.05, 4.69) is 16.2 Å². The lowest BCUT2D eigenvalue weighted by atomic mass is 10.2. The summed E-state index contributed by atoms with van der Waals surface area (Å²) in [6, 6.07) is 8.07. The van der Waals surface area contributed by atoms with Crippen LogP contribution < -0.4 is 5.73 Å². The Morgan fingerprint density at radius 2 is 2.27 bits per heavy atom. The van der Waals surface area contributed by atoms with Crippen LogP contribution in [0.15, 0.2) is 29.6 Å². The van der Waals surface area contributed by atoms with Gasteiger partial charge in [0.15, 0.2) is 0 Å². The van der Waals surface area contributed by atoms with Gasteiger partial charge in [0.05, 0.1) is 6.61 Å². The molecule has 0 amide bonds. The number of nitrogen functional groups attached to an aromatic ring is 1. The van der Waals surface area contributed by atoms with Crippen molar-refractivity contribution in [3.8, 4) is 0 Å². The monoisotopic (exact) mass is 223 g/mol. The third-order valence-electron chi connectivity index (χ3n) is 1.71. The Kier molecular flexibility index (Phi) is 4.63. The third kappa shape index (κ3) is 3.59. The molecule has 0 atom stereocenters. The largest absolute Gasteiger partial charge is 0.468 e. The van der Waals surface area contributed by atoms with Crippen LogP contribution in [-0.4, -0.2) is 13.1 Å². The van der Waals surface area contributed by atoms with Crippen LogP contribution in [-0.2, 0) is 9.53 Å². The van der Waals surface area contributed by atoms with Crippen molar-refractivity contribution in [2.45, 2.75) is 6.92 Å². The molecule has 1 aromatic carbocycles. The van der Waals surface area contributed by atoms with Gasteiger partial charge in [-0.1, -0.05) is 6.07 Å². The second-order valence-corrected chi connectivity index (χ2v) is 3.72. The SMILES string of the molecule is CCOC=O.Nc1ccc2ccsc2c1. The summed E-state index contributed by atoms with van der Waals surface area (Å²) in [4.78, 5) is 9.18.